The first-order valence-electron chi connectivity index (χ1n) is 18.4. The number of aliphatic hydroxyl groups excluding tert-OH is 5. The largest absolute Gasteiger partial charge is 0.462 e. The van der Waals surface area contributed by atoms with E-state index >= 15 is 0 Å². The molecule has 286 valence electrons. The summed E-state index contributed by atoms with van der Waals surface area (Å²) in [4.78, 5) is 26.3. The monoisotopic (exact) mass is 710 g/mol. The lowest BCUT2D eigenvalue weighted by Gasteiger charge is -2.66. The van der Waals surface area contributed by atoms with E-state index in [1.807, 2.05) is 13.8 Å². The Labute approximate surface area is 296 Å². The molecule has 5 aliphatic rings. The van der Waals surface area contributed by atoms with Crippen LogP contribution in [0, 0.1) is 39.4 Å². The van der Waals surface area contributed by atoms with Gasteiger partial charge in [0.2, 0.25) is 0 Å². The van der Waals surface area contributed by atoms with E-state index in [-0.39, 0.29) is 35.9 Å². The van der Waals surface area contributed by atoms with Crippen molar-refractivity contribution in [1.82, 2.24) is 0 Å². The highest BCUT2D eigenvalue weighted by molar-refractivity contribution is 5.87. The lowest BCUT2D eigenvalue weighted by Crippen LogP contribution is -2.64. The van der Waals surface area contributed by atoms with E-state index in [9.17, 15) is 45.3 Å². The number of carbonyl (C=O) groups is 2. The van der Waals surface area contributed by atoms with Crippen molar-refractivity contribution in [2.75, 3.05) is 6.61 Å². The second-order valence-corrected chi connectivity index (χ2v) is 18.3. The van der Waals surface area contributed by atoms with Gasteiger partial charge >= 0.3 is 5.97 Å². The van der Waals surface area contributed by atoms with Crippen LogP contribution in [0.1, 0.15) is 107 Å². The van der Waals surface area contributed by atoms with Gasteiger partial charge < -0.3 is 50.0 Å². The van der Waals surface area contributed by atoms with Crippen LogP contribution in [-0.2, 0) is 23.8 Å². The molecule has 0 aromatic rings. The van der Waals surface area contributed by atoms with E-state index in [1.54, 1.807) is 13.8 Å². The zero-order chi connectivity index (χ0) is 37.6. The van der Waals surface area contributed by atoms with Crippen molar-refractivity contribution in [2.45, 2.75) is 167 Å². The van der Waals surface area contributed by atoms with Crippen molar-refractivity contribution in [3.8, 4) is 0 Å². The number of hydrogen-bond acceptors (Lipinski definition) is 12. The molecule has 4 aliphatic carbocycles. The zero-order valence-electron chi connectivity index (χ0n) is 31.3. The molecule has 0 radical (unpaired) electrons. The molecule has 0 amide bonds. The van der Waals surface area contributed by atoms with Gasteiger partial charge in [0.25, 0.3) is 0 Å². The van der Waals surface area contributed by atoms with Crippen molar-refractivity contribution < 1.29 is 59.5 Å². The van der Waals surface area contributed by atoms with E-state index in [0.29, 0.717) is 25.7 Å². The summed E-state index contributed by atoms with van der Waals surface area (Å²) in [6.07, 6.45) is -4.50. The van der Waals surface area contributed by atoms with E-state index in [2.05, 4.69) is 26.8 Å². The molecule has 12 heteroatoms. The van der Waals surface area contributed by atoms with Crippen LogP contribution in [-0.4, -0.2) is 114 Å². The molecule has 0 aromatic carbocycles. The number of fused-ring (bicyclic) bond motifs is 5. The van der Waals surface area contributed by atoms with E-state index in [4.69, 9.17) is 14.2 Å². The molecular formula is C38H62O12. The first-order valence-corrected chi connectivity index (χ1v) is 18.4. The van der Waals surface area contributed by atoms with Crippen LogP contribution in [0.3, 0.4) is 0 Å². The lowest BCUT2D eigenvalue weighted by molar-refractivity contribution is -0.324. The normalized spacial score (nSPS) is 46.9. The predicted octanol–water partition coefficient (Wildman–Crippen LogP) is 2.16. The van der Waals surface area contributed by atoms with Gasteiger partial charge in [-0.3, -0.25) is 9.59 Å². The van der Waals surface area contributed by atoms with Crippen LogP contribution in [0.15, 0.2) is 11.6 Å². The highest BCUT2D eigenvalue weighted by Crippen LogP contribution is 2.75. The number of Topliss-reactive ketones (excluding diaryl/α,β-unsaturated/α-hetero) is 1. The second kappa shape index (κ2) is 13.1. The molecule has 3 saturated carbocycles. The molecule has 5 rings (SSSR count). The standard InChI is InChI=1S/C38H62O12/c1-19(40)48-23-17-37(8)25-11-10-20-21(16-22(31(45)34(20,4)5)49-32-29(44)28(43)27(42)24(18-39)50-32)35(25,6)14-15-36(37,7)30(23)38(9,47)26(41)12-13-33(2,3)46/h10,21-25,27-32,39,42-47H,11-18H2,1-9H3/t21-,22-,23-,24-,25+,27+,28+,29+,30+,31-,32-,35-,36+,37-,38+/m0/s1. The Morgan fingerprint density at radius 2 is 1.58 bits per heavy atom. The fourth-order valence-corrected chi connectivity index (χ4v) is 11.4. The third-order valence-electron chi connectivity index (χ3n) is 14.4. The van der Waals surface area contributed by atoms with Gasteiger partial charge in [0.05, 0.1) is 24.4 Å². The van der Waals surface area contributed by atoms with Crippen LogP contribution < -0.4 is 0 Å². The van der Waals surface area contributed by atoms with Crippen LogP contribution >= 0.6 is 0 Å². The minimum Gasteiger partial charge on any atom is -0.462 e. The van der Waals surface area contributed by atoms with Crippen molar-refractivity contribution in [1.29, 1.82) is 0 Å². The number of aliphatic hydroxyl groups is 7. The maximum atomic E-state index is 13.8. The summed E-state index contributed by atoms with van der Waals surface area (Å²) in [6, 6.07) is 0. The van der Waals surface area contributed by atoms with Gasteiger partial charge in [-0.05, 0) is 87.4 Å². The summed E-state index contributed by atoms with van der Waals surface area (Å²) >= 11 is 0. The van der Waals surface area contributed by atoms with Crippen molar-refractivity contribution >= 4 is 11.8 Å². The van der Waals surface area contributed by atoms with Crippen molar-refractivity contribution in [3.63, 3.8) is 0 Å². The van der Waals surface area contributed by atoms with Crippen molar-refractivity contribution in [2.24, 2.45) is 39.4 Å². The summed E-state index contributed by atoms with van der Waals surface area (Å²) in [5, 5.41) is 75.4. The molecule has 7 N–H and O–H groups in total. The Balaban J connectivity index is 1.49. The molecule has 15 atom stereocenters. The number of allylic oxidation sites excluding steroid dienone is 1. The molecule has 0 bridgehead atoms. The van der Waals surface area contributed by atoms with E-state index < -0.39 is 95.0 Å². The van der Waals surface area contributed by atoms with E-state index in [1.165, 1.54) is 13.8 Å². The van der Waals surface area contributed by atoms with Gasteiger partial charge in [-0.25, -0.2) is 0 Å². The van der Waals surface area contributed by atoms with Crippen LogP contribution in [0.2, 0.25) is 0 Å². The average molecular weight is 711 g/mol. The SMILES string of the molecule is CC(=O)O[C@H]1C[C@@]2(C)[C@@H]3CC=C4[C@H](C[C@H](O[C@H]5O[C@@H](CO)[C@@H](O)[C@@H](O)[C@H]5O)[C@H](O)C4(C)C)[C@]3(C)CC[C@]2(C)[C@@H]1[C@](C)(O)C(=O)CCC(C)(C)O. The molecular weight excluding hydrogens is 648 g/mol. The minimum atomic E-state index is -1.82. The third-order valence-corrected chi connectivity index (χ3v) is 14.4. The molecule has 0 unspecified atom stereocenters. The van der Waals surface area contributed by atoms with Crippen LogP contribution in [0.25, 0.3) is 0 Å². The Kier molecular flexibility index (Phi) is 10.4. The number of rotatable bonds is 9. The number of ketones is 1. The highest BCUT2D eigenvalue weighted by atomic mass is 16.7. The Morgan fingerprint density at radius 3 is 2.16 bits per heavy atom. The Morgan fingerprint density at radius 1 is 0.940 bits per heavy atom. The number of esters is 1. The molecule has 50 heavy (non-hydrogen) atoms. The van der Waals surface area contributed by atoms with Gasteiger partial charge in [0, 0.05) is 24.7 Å². The highest BCUT2D eigenvalue weighted by Gasteiger charge is 2.73. The third kappa shape index (κ3) is 6.22. The van der Waals surface area contributed by atoms with E-state index in [0.717, 1.165) is 12.0 Å². The molecule has 0 spiro atoms. The summed E-state index contributed by atoms with van der Waals surface area (Å²) in [5.74, 6) is -1.58. The van der Waals surface area contributed by atoms with Crippen molar-refractivity contribution in [3.05, 3.63) is 11.6 Å². The Hall–Kier alpha value is -1.48. The molecule has 4 fully saturated rings. The number of hydrogen-bond donors (Lipinski definition) is 7. The average Bonchev–Trinajstić information content (AvgIpc) is 3.24. The van der Waals surface area contributed by atoms with Gasteiger partial charge in [-0.15, -0.1) is 0 Å². The zero-order valence-corrected chi connectivity index (χ0v) is 31.3. The molecule has 1 saturated heterocycles. The van der Waals surface area contributed by atoms with Gasteiger partial charge in [0.15, 0.2) is 12.1 Å². The number of ether oxygens (including phenoxy) is 3. The maximum absolute atomic E-state index is 13.8. The summed E-state index contributed by atoms with van der Waals surface area (Å²) in [5.41, 5.74) is -3.94. The predicted molar refractivity (Wildman–Crippen MR) is 181 cm³/mol. The summed E-state index contributed by atoms with van der Waals surface area (Å²) in [7, 11) is 0. The van der Waals surface area contributed by atoms with Gasteiger partial charge in [0.1, 0.15) is 36.1 Å². The lowest BCUT2D eigenvalue weighted by atomic mass is 9.38. The molecule has 1 heterocycles. The molecule has 1 aliphatic heterocycles. The number of carbonyl (C=O) groups excluding carboxylic acids is 2. The quantitative estimate of drug-likeness (QED) is 0.136. The van der Waals surface area contributed by atoms with Crippen LogP contribution in [0.4, 0.5) is 0 Å². The first kappa shape index (κ1) is 39.7. The minimum absolute atomic E-state index is 0.0187. The fraction of sp³-hybridized carbons (Fsp3) is 0.895. The fourth-order valence-electron chi connectivity index (χ4n) is 11.4. The second-order valence-electron chi connectivity index (χ2n) is 18.3. The van der Waals surface area contributed by atoms with Gasteiger partial charge in [-0.1, -0.05) is 46.3 Å². The first-order chi connectivity index (χ1) is 22.9. The summed E-state index contributed by atoms with van der Waals surface area (Å²) < 4.78 is 17.9. The smallest absolute Gasteiger partial charge is 0.302 e. The summed E-state index contributed by atoms with van der Waals surface area (Å²) in [6.45, 7) is 16.1. The Bertz CT molecular complexity index is 1340. The maximum Gasteiger partial charge on any atom is 0.302 e. The van der Waals surface area contributed by atoms with Gasteiger partial charge in [-0.2, -0.15) is 0 Å². The molecule has 0 aromatic heterocycles. The topological polar surface area (TPSA) is 203 Å². The van der Waals surface area contributed by atoms with Crippen LogP contribution in [0.5, 0.6) is 0 Å². The molecule has 12 nitrogen and oxygen atoms in total.